The smallest absolute Gasteiger partial charge is 0.264 e. The van der Waals surface area contributed by atoms with E-state index >= 15 is 0 Å². The summed E-state index contributed by atoms with van der Waals surface area (Å²) in [6, 6.07) is 9.20. The number of carbonyl (C=O) groups is 1. The first-order valence-corrected chi connectivity index (χ1v) is 7.48. The molecule has 2 rings (SSSR count). The molecule has 1 aromatic carbocycles. The van der Waals surface area contributed by atoms with Crippen LogP contribution in [0.5, 0.6) is 0 Å². The van der Waals surface area contributed by atoms with Crippen molar-refractivity contribution in [2.45, 2.75) is 19.9 Å². The van der Waals surface area contributed by atoms with E-state index in [4.69, 9.17) is 17.3 Å². The van der Waals surface area contributed by atoms with Crippen molar-refractivity contribution in [1.29, 1.82) is 0 Å². The molecule has 1 amide bonds. The first-order chi connectivity index (χ1) is 9.41. The van der Waals surface area contributed by atoms with Gasteiger partial charge in [0.25, 0.3) is 5.91 Å². The van der Waals surface area contributed by atoms with E-state index in [0.717, 1.165) is 10.4 Å². The molecule has 1 atom stereocenters. The minimum atomic E-state index is -0.0974. The molecule has 1 aromatic heterocycles. The number of nitrogen functional groups attached to an aromatic ring is 1. The molecule has 0 spiro atoms. The van der Waals surface area contributed by atoms with Crippen LogP contribution in [0, 0.1) is 6.92 Å². The number of rotatable bonds is 3. The lowest BCUT2D eigenvalue weighted by molar-refractivity contribution is 0.0747. The van der Waals surface area contributed by atoms with Crippen molar-refractivity contribution in [2.75, 3.05) is 12.8 Å². The number of nitrogens with two attached hydrogens (primary N) is 1. The fraction of sp³-hybridized carbons (Fsp3) is 0.267. The van der Waals surface area contributed by atoms with Crippen LogP contribution in [0.2, 0.25) is 5.02 Å². The van der Waals surface area contributed by atoms with Crippen LogP contribution in [0.4, 0.5) is 5.69 Å². The normalized spacial score (nSPS) is 12.2. The van der Waals surface area contributed by atoms with Gasteiger partial charge in [-0.15, -0.1) is 11.3 Å². The molecule has 1 heterocycles. The molecular formula is C15H17ClN2OS. The summed E-state index contributed by atoms with van der Waals surface area (Å²) < 4.78 is 0. The average molecular weight is 309 g/mol. The van der Waals surface area contributed by atoms with Gasteiger partial charge in [-0.05, 0) is 31.5 Å². The molecule has 0 saturated heterocycles. The van der Waals surface area contributed by atoms with E-state index in [1.54, 1.807) is 18.0 Å². The minimum absolute atomic E-state index is 0.0396. The summed E-state index contributed by atoms with van der Waals surface area (Å²) in [7, 11) is 1.78. The zero-order valence-electron chi connectivity index (χ0n) is 11.7. The summed E-state index contributed by atoms with van der Waals surface area (Å²) in [4.78, 5) is 15.8. The zero-order valence-corrected chi connectivity index (χ0v) is 13.3. The molecule has 5 heteroatoms. The maximum Gasteiger partial charge on any atom is 0.264 e. The van der Waals surface area contributed by atoms with Crippen LogP contribution in [0.3, 0.4) is 0 Å². The predicted octanol–water partition coefficient (Wildman–Crippen LogP) is 4.13. The Kier molecular flexibility index (Phi) is 4.35. The Morgan fingerprint density at radius 1 is 1.40 bits per heavy atom. The fourth-order valence-corrected chi connectivity index (χ4v) is 3.19. The molecule has 1 unspecified atom stereocenters. The highest BCUT2D eigenvalue weighted by Crippen LogP contribution is 2.30. The molecule has 0 aliphatic carbocycles. The maximum absolute atomic E-state index is 12.5. The summed E-state index contributed by atoms with van der Waals surface area (Å²) in [5, 5.41) is 0.668. The second-order valence-electron chi connectivity index (χ2n) is 4.74. The SMILES string of the molecule is Cc1sc(C(=O)N(C)C(C)c2ccccc2Cl)cc1N. The molecular weight excluding hydrogens is 292 g/mol. The Balaban J connectivity index is 2.24. The van der Waals surface area contributed by atoms with Crippen molar-refractivity contribution in [2.24, 2.45) is 0 Å². The molecule has 0 bridgehead atoms. The standard InChI is InChI=1S/C15H17ClN2OS/c1-9(11-6-4-5-7-12(11)16)18(3)15(19)14-8-13(17)10(2)20-14/h4-9H,17H2,1-3H3. The van der Waals surface area contributed by atoms with Gasteiger partial charge in [0.1, 0.15) is 0 Å². The Morgan fingerprint density at radius 3 is 2.60 bits per heavy atom. The van der Waals surface area contributed by atoms with Gasteiger partial charge in [-0.3, -0.25) is 4.79 Å². The van der Waals surface area contributed by atoms with Crippen molar-refractivity contribution in [1.82, 2.24) is 4.90 Å². The topological polar surface area (TPSA) is 46.3 Å². The van der Waals surface area contributed by atoms with Crippen molar-refractivity contribution < 1.29 is 4.79 Å². The largest absolute Gasteiger partial charge is 0.398 e. The maximum atomic E-state index is 12.5. The van der Waals surface area contributed by atoms with E-state index in [2.05, 4.69) is 0 Å². The quantitative estimate of drug-likeness (QED) is 0.927. The Hall–Kier alpha value is -1.52. The fourth-order valence-electron chi connectivity index (χ4n) is 1.97. The van der Waals surface area contributed by atoms with E-state index in [-0.39, 0.29) is 11.9 Å². The summed E-state index contributed by atoms with van der Waals surface area (Å²) in [6.45, 7) is 3.87. The van der Waals surface area contributed by atoms with E-state index in [1.165, 1.54) is 11.3 Å². The lowest BCUT2D eigenvalue weighted by Crippen LogP contribution is -2.29. The van der Waals surface area contributed by atoms with Crippen LogP contribution in [-0.2, 0) is 0 Å². The molecule has 0 aliphatic rings. The lowest BCUT2D eigenvalue weighted by Gasteiger charge is -2.25. The lowest BCUT2D eigenvalue weighted by atomic mass is 10.1. The number of nitrogens with zero attached hydrogens (tertiary/aromatic N) is 1. The first kappa shape index (κ1) is 14.9. The summed E-state index contributed by atoms with van der Waals surface area (Å²) in [5.41, 5.74) is 7.41. The van der Waals surface area contributed by atoms with Crippen LogP contribution in [-0.4, -0.2) is 17.9 Å². The molecule has 3 nitrogen and oxygen atoms in total. The van der Waals surface area contributed by atoms with Gasteiger partial charge in [-0.2, -0.15) is 0 Å². The van der Waals surface area contributed by atoms with Crippen molar-refractivity contribution in [3.63, 3.8) is 0 Å². The van der Waals surface area contributed by atoms with Gasteiger partial charge in [-0.1, -0.05) is 29.8 Å². The third-order valence-corrected chi connectivity index (χ3v) is 4.82. The van der Waals surface area contributed by atoms with Gasteiger partial charge in [0.05, 0.1) is 10.9 Å². The Morgan fingerprint density at radius 2 is 2.05 bits per heavy atom. The van der Waals surface area contributed by atoms with E-state index in [0.29, 0.717) is 15.6 Å². The first-order valence-electron chi connectivity index (χ1n) is 6.29. The predicted molar refractivity (Wildman–Crippen MR) is 85.4 cm³/mol. The van der Waals surface area contributed by atoms with E-state index in [1.807, 2.05) is 38.1 Å². The number of hydrogen-bond acceptors (Lipinski definition) is 3. The molecule has 0 saturated carbocycles. The van der Waals surface area contributed by atoms with Crippen LogP contribution in [0.1, 0.15) is 33.1 Å². The van der Waals surface area contributed by atoms with Crippen LogP contribution in [0.15, 0.2) is 30.3 Å². The number of aryl methyl sites for hydroxylation is 1. The highest BCUT2D eigenvalue weighted by Gasteiger charge is 2.22. The summed E-state index contributed by atoms with van der Waals surface area (Å²) >= 11 is 7.61. The molecule has 20 heavy (non-hydrogen) atoms. The number of halogens is 1. The number of thiophene rings is 1. The van der Waals surface area contributed by atoms with Gasteiger partial charge in [-0.25, -0.2) is 0 Å². The second-order valence-corrected chi connectivity index (χ2v) is 6.40. The number of carbonyl (C=O) groups excluding carboxylic acids is 1. The Labute approximate surface area is 128 Å². The van der Waals surface area contributed by atoms with Gasteiger partial charge in [0.2, 0.25) is 0 Å². The van der Waals surface area contributed by atoms with Crippen LogP contribution < -0.4 is 5.73 Å². The molecule has 2 N–H and O–H groups in total. The summed E-state index contributed by atoms with van der Waals surface area (Å²) in [6.07, 6.45) is 0. The number of amides is 1. The number of hydrogen-bond donors (Lipinski definition) is 1. The third-order valence-electron chi connectivity index (χ3n) is 3.42. The molecule has 0 fully saturated rings. The van der Waals surface area contributed by atoms with Gasteiger partial charge in [0.15, 0.2) is 0 Å². The van der Waals surface area contributed by atoms with Crippen LogP contribution >= 0.6 is 22.9 Å². The molecule has 2 aromatic rings. The summed E-state index contributed by atoms with van der Waals surface area (Å²) in [5.74, 6) is -0.0396. The number of benzene rings is 1. The molecule has 0 radical (unpaired) electrons. The van der Waals surface area contributed by atoms with Crippen molar-refractivity contribution in [3.05, 3.63) is 50.7 Å². The highest BCUT2D eigenvalue weighted by atomic mass is 35.5. The monoisotopic (exact) mass is 308 g/mol. The molecule has 106 valence electrons. The van der Waals surface area contributed by atoms with Crippen molar-refractivity contribution in [3.8, 4) is 0 Å². The average Bonchev–Trinajstić information content (AvgIpc) is 2.77. The van der Waals surface area contributed by atoms with Gasteiger partial charge < -0.3 is 10.6 Å². The van der Waals surface area contributed by atoms with Crippen LogP contribution in [0.25, 0.3) is 0 Å². The number of anilines is 1. The minimum Gasteiger partial charge on any atom is -0.398 e. The second kappa shape index (κ2) is 5.85. The van der Waals surface area contributed by atoms with Crippen molar-refractivity contribution >= 4 is 34.5 Å². The van der Waals surface area contributed by atoms with Gasteiger partial charge in [0, 0.05) is 22.6 Å². The van der Waals surface area contributed by atoms with Gasteiger partial charge >= 0.3 is 0 Å². The zero-order chi connectivity index (χ0) is 14.9. The third kappa shape index (κ3) is 2.81. The Bertz CT molecular complexity index is 619. The highest BCUT2D eigenvalue weighted by molar-refractivity contribution is 7.14. The van der Waals surface area contributed by atoms with E-state index in [9.17, 15) is 4.79 Å². The molecule has 0 aliphatic heterocycles. The van der Waals surface area contributed by atoms with E-state index < -0.39 is 0 Å².